The Balaban J connectivity index is 1.79. The predicted molar refractivity (Wildman–Crippen MR) is 95.2 cm³/mol. The Kier molecular flexibility index (Phi) is 4.94. The number of carbonyl (C=O) groups is 2. The van der Waals surface area contributed by atoms with Gasteiger partial charge in [0.25, 0.3) is 0 Å². The summed E-state index contributed by atoms with van der Waals surface area (Å²) in [6.45, 7) is 2.18. The maximum atomic E-state index is 14.5. The molecule has 0 spiro atoms. The van der Waals surface area contributed by atoms with Crippen LogP contribution in [0.1, 0.15) is 6.92 Å². The number of carbonyl (C=O) groups excluding carboxylic acids is 2. The molecule has 0 radical (unpaired) electrons. The summed E-state index contributed by atoms with van der Waals surface area (Å²) in [5, 5.41) is 2.89. The number of benzene rings is 1. The lowest BCUT2D eigenvalue weighted by Gasteiger charge is -2.21. The molecule has 1 aromatic rings. The van der Waals surface area contributed by atoms with Gasteiger partial charge < -0.3 is 19.9 Å². The van der Waals surface area contributed by atoms with Gasteiger partial charge in [0.1, 0.15) is 11.8 Å². The zero-order valence-corrected chi connectivity index (χ0v) is 15.1. The third-order valence-electron chi connectivity index (χ3n) is 4.22. The molecule has 1 N–H and O–H groups in total. The molecule has 7 nitrogen and oxygen atoms in total. The molecule has 10 heteroatoms. The average Bonchev–Trinajstić information content (AvgIpc) is 3.07. The highest BCUT2D eigenvalue weighted by atomic mass is 32.1. The summed E-state index contributed by atoms with van der Waals surface area (Å²) in [7, 11) is 1.56. The van der Waals surface area contributed by atoms with Crippen LogP contribution < -0.4 is 15.1 Å². The molecular formula is C16H18F2N4O3S. The van der Waals surface area contributed by atoms with E-state index in [4.69, 9.17) is 17.0 Å². The zero-order valence-electron chi connectivity index (χ0n) is 14.3. The van der Waals surface area contributed by atoms with Crippen LogP contribution in [-0.2, 0) is 9.53 Å². The van der Waals surface area contributed by atoms with Crippen molar-refractivity contribution in [2.45, 2.75) is 13.0 Å². The highest BCUT2D eigenvalue weighted by molar-refractivity contribution is 7.80. The highest BCUT2D eigenvalue weighted by Gasteiger charge is 2.34. The highest BCUT2D eigenvalue weighted by Crippen LogP contribution is 2.32. The van der Waals surface area contributed by atoms with Crippen LogP contribution in [0.25, 0.3) is 0 Å². The lowest BCUT2D eigenvalue weighted by Crippen LogP contribution is -2.32. The van der Waals surface area contributed by atoms with E-state index in [1.807, 2.05) is 0 Å². The van der Waals surface area contributed by atoms with Gasteiger partial charge in [-0.3, -0.25) is 9.69 Å². The first-order valence-corrected chi connectivity index (χ1v) is 8.37. The number of ether oxygens (including phenoxy) is 1. The summed E-state index contributed by atoms with van der Waals surface area (Å²) < 4.78 is 34.2. The number of hydrogen-bond donors (Lipinski definition) is 1. The number of nitrogens with zero attached hydrogens (tertiary/aromatic N) is 3. The molecule has 0 aromatic heterocycles. The molecule has 2 fully saturated rings. The smallest absolute Gasteiger partial charge is 0.414 e. The Hall–Kier alpha value is -2.49. The molecule has 2 aliphatic heterocycles. The van der Waals surface area contributed by atoms with E-state index in [1.54, 1.807) is 14.0 Å². The monoisotopic (exact) mass is 384 g/mol. The third kappa shape index (κ3) is 3.55. The zero-order chi connectivity index (χ0) is 19.0. The van der Waals surface area contributed by atoms with Crippen LogP contribution >= 0.6 is 12.2 Å². The van der Waals surface area contributed by atoms with Gasteiger partial charge >= 0.3 is 6.09 Å². The number of rotatable bonds is 4. The van der Waals surface area contributed by atoms with Crippen molar-refractivity contribution in [2.24, 2.45) is 0 Å². The van der Waals surface area contributed by atoms with E-state index in [9.17, 15) is 18.4 Å². The van der Waals surface area contributed by atoms with E-state index in [1.165, 1.54) is 14.7 Å². The Bertz CT molecular complexity index is 753. The number of cyclic esters (lactones) is 1. The molecule has 2 amide bonds. The molecule has 3 rings (SSSR count). The standard InChI is InChI=1S/C16H18F2N4O3S/c1-9(26)19-5-11-6-22(16(24)25-11)10-3-12(17)15(13(18)4-10)21-7-14(23)20(2)8-21/h3-4,11H,5-8H2,1-2H3,(H,19,26)/t11-/m1/s1. The molecule has 0 bridgehead atoms. The first-order chi connectivity index (χ1) is 12.3. The van der Waals surface area contributed by atoms with Crippen molar-refractivity contribution in [3.8, 4) is 0 Å². The minimum Gasteiger partial charge on any atom is -0.442 e. The minimum atomic E-state index is -0.841. The fraction of sp³-hybridized carbons (Fsp3) is 0.438. The Morgan fingerprint density at radius 1 is 1.35 bits per heavy atom. The second-order valence-electron chi connectivity index (χ2n) is 6.24. The van der Waals surface area contributed by atoms with E-state index in [-0.39, 0.29) is 37.0 Å². The van der Waals surface area contributed by atoms with Crippen LogP contribution in [-0.4, -0.2) is 61.3 Å². The quantitative estimate of drug-likeness (QED) is 0.793. The van der Waals surface area contributed by atoms with Gasteiger partial charge in [-0.1, -0.05) is 12.2 Å². The van der Waals surface area contributed by atoms with Gasteiger partial charge in [0.2, 0.25) is 5.91 Å². The summed E-state index contributed by atoms with van der Waals surface area (Å²) in [6, 6.07) is 2.14. The van der Waals surface area contributed by atoms with Gasteiger partial charge in [-0.05, 0) is 6.92 Å². The Morgan fingerprint density at radius 3 is 2.54 bits per heavy atom. The van der Waals surface area contributed by atoms with Crippen molar-refractivity contribution in [3.63, 3.8) is 0 Å². The van der Waals surface area contributed by atoms with E-state index in [0.29, 0.717) is 11.5 Å². The summed E-state index contributed by atoms with van der Waals surface area (Å²) >= 11 is 4.90. The third-order valence-corrected chi connectivity index (χ3v) is 4.36. The van der Waals surface area contributed by atoms with Gasteiger partial charge in [-0.15, -0.1) is 0 Å². The van der Waals surface area contributed by atoms with Crippen LogP contribution in [0.2, 0.25) is 0 Å². The number of nitrogens with one attached hydrogen (secondary N) is 1. The molecule has 1 atom stereocenters. The first-order valence-electron chi connectivity index (χ1n) is 7.97. The van der Waals surface area contributed by atoms with E-state index < -0.39 is 23.8 Å². The fourth-order valence-electron chi connectivity index (χ4n) is 2.92. The normalized spacial score (nSPS) is 20.0. The maximum Gasteiger partial charge on any atom is 0.414 e. The van der Waals surface area contributed by atoms with Crippen molar-refractivity contribution in [1.82, 2.24) is 10.2 Å². The fourth-order valence-corrected chi connectivity index (χ4v) is 3.01. The molecule has 140 valence electrons. The number of amides is 2. The van der Waals surface area contributed by atoms with Crippen LogP contribution in [0.15, 0.2) is 12.1 Å². The van der Waals surface area contributed by atoms with Crippen LogP contribution in [0.5, 0.6) is 0 Å². The number of halogens is 2. The van der Waals surface area contributed by atoms with E-state index >= 15 is 0 Å². The van der Waals surface area contributed by atoms with Gasteiger partial charge in [0.05, 0.1) is 37.0 Å². The number of anilines is 2. The van der Waals surface area contributed by atoms with Crippen molar-refractivity contribution >= 4 is 40.6 Å². The van der Waals surface area contributed by atoms with Crippen molar-refractivity contribution in [2.75, 3.05) is 43.2 Å². The topological polar surface area (TPSA) is 65.1 Å². The van der Waals surface area contributed by atoms with Crippen LogP contribution in [0, 0.1) is 11.6 Å². The lowest BCUT2D eigenvalue weighted by atomic mass is 10.2. The molecule has 2 heterocycles. The largest absolute Gasteiger partial charge is 0.442 e. The van der Waals surface area contributed by atoms with E-state index in [0.717, 1.165) is 12.1 Å². The number of thiocarbonyl (C=S) groups is 1. The van der Waals surface area contributed by atoms with Crippen LogP contribution in [0.3, 0.4) is 0 Å². The SMILES string of the molecule is CC(=S)NC[C@@H]1CN(c2cc(F)c(N3CC(=O)N(C)C3)c(F)c2)C(=O)O1. The number of hydrogen-bond acceptors (Lipinski definition) is 5. The van der Waals surface area contributed by atoms with Crippen molar-refractivity contribution in [3.05, 3.63) is 23.8 Å². The van der Waals surface area contributed by atoms with E-state index in [2.05, 4.69) is 5.32 Å². The van der Waals surface area contributed by atoms with Gasteiger partial charge in [-0.25, -0.2) is 13.6 Å². The van der Waals surface area contributed by atoms with Gasteiger partial charge in [-0.2, -0.15) is 0 Å². The minimum absolute atomic E-state index is 0.0641. The molecule has 26 heavy (non-hydrogen) atoms. The molecule has 0 saturated carbocycles. The number of likely N-dealkylation sites (N-methyl/N-ethyl adjacent to an activating group) is 1. The van der Waals surface area contributed by atoms with Crippen molar-refractivity contribution < 1.29 is 23.1 Å². The second-order valence-corrected chi connectivity index (χ2v) is 6.85. The van der Waals surface area contributed by atoms with Crippen molar-refractivity contribution in [1.29, 1.82) is 0 Å². The molecule has 2 aliphatic rings. The first kappa shape index (κ1) is 18.3. The van der Waals surface area contributed by atoms with Gasteiger partial charge in [0.15, 0.2) is 11.6 Å². The van der Waals surface area contributed by atoms with Gasteiger partial charge in [0, 0.05) is 19.2 Å². The Labute approximate surface area is 154 Å². The maximum absolute atomic E-state index is 14.5. The summed E-state index contributed by atoms with van der Waals surface area (Å²) in [5.41, 5.74) is -0.220. The lowest BCUT2D eigenvalue weighted by molar-refractivity contribution is -0.125. The predicted octanol–water partition coefficient (Wildman–Crippen LogP) is 1.46. The Morgan fingerprint density at radius 2 is 2.00 bits per heavy atom. The molecule has 0 unspecified atom stereocenters. The molecule has 1 aromatic carbocycles. The molecule has 0 aliphatic carbocycles. The van der Waals surface area contributed by atoms with Crippen LogP contribution in [0.4, 0.5) is 25.0 Å². The summed E-state index contributed by atoms with van der Waals surface area (Å²) in [4.78, 5) is 28.0. The average molecular weight is 384 g/mol. The molecule has 2 saturated heterocycles. The summed E-state index contributed by atoms with van der Waals surface area (Å²) in [6.07, 6.45) is -1.16. The second kappa shape index (κ2) is 7.02. The molecular weight excluding hydrogens is 366 g/mol. The summed E-state index contributed by atoms with van der Waals surface area (Å²) in [5.74, 6) is -1.90.